The number of urea groups is 1. The molecule has 37 heavy (non-hydrogen) atoms. The van der Waals surface area contributed by atoms with E-state index in [-0.39, 0.29) is 5.56 Å². The minimum absolute atomic E-state index is 0.108. The number of nitrogens with zero attached hydrogens (tertiary/aromatic N) is 2. The van der Waals surface area contributed by atoms with Crippen LogP contribution in [0.1, 0.15) is 15.9 Å². The van der Waals surface area contributed by atoms with Gasteiger partial charge in [-0.1, -0.05) is 11.6 Å². The fraction of sp³-hybridized carbons (Fsp3) is 0.259. The predicted molar refractivity (Wildman–Crippen MR) is 143 cm³/mol. The molecule has 0 aliphatic carbocycles. The van der Waals surface area contributed by atoms with E-state index < -0.39 is 17.8 Å². The van der Waals surface area contributed by atoms with E-state index in [4.69, 9.17) is 16.3 Å². The third-order valence-corrected chi connectivity index (χ3v) is 6.42. The number of nitrogens with one attached hydrogen (secondary N) is 3. The highest BCUT2D eigenvalue weighted by Crippen LogP contribution is 2.26. The van der Waals surface area contributed by atoms with Gasteiger partial charge in [0, 0.05) is 56.2 Å². The molecule has 1 aliphatic heterocycles. The second-order valence-corrected chi connectivity index (χ2v) is 9.22. The van der Waals surface area contributed by atoms with Crippen LogP contribution in [0.4, 0.5) is 20.6 Å². The number of carbonyl (C=O) groups is 2. The van der Waals surface area contributed by atoms with Crippen molar-refractivity contribution < 1.29 is 18.7 Å². The number of halogens is 2. The van der Waals surface area contributed by atoms with Gasteiger partial charge >= 0.3 is 6.03 Å². The van der Waals surface area contributed by atoms with E-state index in [1.165, 1.54) is 25.2 Å². The van der Waals surface area contributed by atoms with Crippen LogP contribution in [0.3, 0.4) is 0 Å². The lowest BCUT2D eigenvalue weighted by molar-refractivity contribution is 0.0958. The molecule has 8 nitrogen and oxygen atoms in total. The Morgan fingerprint density at radius 3 is 2.27 bits per heavy atom. The van der Waals surface area contributed by atoms with Gasteiger partial charge in [0.25, 0.3) is 5.91 Å². The summed E-state index contributed by atoms with van der Waals surface area (Å²) >= 11 is 6.41. The Balaban J connectivity index is 1.34. The minimum atomic E-state index is -0.635. The second kappa shape index (κ2) is 12.1. The molecular weight excluding hydrogens is 497 g/mol. The van der Waals surface area contributed by atoms with E-state index in [1.807, 2.05) is 6.07 Å². The third-order valence-electron chi connectivity index (χ3n) is 6.05. The molecule has 0 aromatic heterocycles. The Bertz CT molecular complexity index is 1260. The van der Waals surface area contributed by atoms with Crippen molar-refractivity contribution >= 4 is 34.9 Å². The van der Waals surface area contributed by atoms with E-state index in [0.717, 1.165) is 38.3 Å². The molecule has 0 saturated carbocycles. The quantitative estimate of drug-likeness (QED) is 0.403. The molecule has 1 heterocycles. The average molecular weight is 526 g/mol. The van der Waals surface area contributed by atoms with Gasteiger partial charge in [0.1, 0.15) is 17.3 Å². The highest BCUT2D eigenvalue weighted by molar-refractivity contribution is 6.31. The van der Waals surface area contributed by atoms with E-state index in [9.17, 15) is 14.0 Å². The van der Waals surface area contributed by atoms with Crippen molar-refractivity contribution in [2.75, 3.05) is 50.9 Å². The molecule has 3 amide bonds. The van der Waals surface area contributed by atoms with Crippen molar-refractivity contribution in [1.82, 2.24) is 15.1 Å². The molecule has 1 aliphatic rings. The summed E-state index contributed by atoms with van der Waals surface area (Å²) in [4.78, 5) is 29.0. The Morgan fingerprint density at radius 2 is 1.57 bits per heavy atom. The van der Waals surface area contributed by atoms with Crippen molar-refractivity contribution in [3.8, 4) is 11.5 Å². The zero-order valence-electron chi connectivity index (χ0n) is 20.7. The van der Waals surface area contributed by atoms with Gasteiger partial charge in [0.05, 0.1) is 5.56 Å². The van der Waals surface area contributed by atoms with Crippen LogP contribution >= 0.6 is 11.6 Å². The van der Waals surface area contributed by atoms with Gasteiger partial charge in [-0.3, -0.25) is 9.69 Å². The van der Waals surface area contributed by atoms with Crippen molar-refractivity contribution in [3.63, 3.8) is 0 Å². The zero-order chi connectivity index (χ0) is 26.4. The van der Waals surface area contributed by atoms with Crippen LogP contribution in [0.25, 0.3) is 0 Å². The third kappa shape index (κ3) is 7.19. The van der Waals surface area contributed by atoms with Crippen LogP contribution in [-0.4, -0.2) is 62.0 Å². The molecule has 194 valence electrons. The van der Waals surface area contributed by atoms with Gasteiger partial charge in [0.2, 0.25) is 0 Å². The summed E-state index contributed by atoms with van der Waals surface area (Å²) in [6.07, 6.45) is 0. The Morgan fingerprint density at radius 1 is 0.919 bits per heavy atom. The van der Waals surface area contributed by atoms with Gasteiger partial charge in [-0.2, -0.15) is 0 Å². The number of amides is 3. The lowest BCUT2D eigenvalue weighted by atomic mass is 10.1. The van der Waals surface area contributed by atoms with Crippen LogP contribution in [-0.2, 0) is 6.54 Å². The molecule has 4 rings (SSSR count). The summed E-state index contributed by atoms with van der Waals surface area (Å²) in [6.45, 7) is 4.71. The fourth-order valence-electron chi connectivity index (χ4n) is 3.93. The summed E-state index contributed by atoms with van der Waals surface area (Å²) in [5.41, 5.74) is 2.06. The number of piperazine rings is 1. The molecular formula is C27H29ClFN5O3. The molecule has 1 saturated heterocycles. The molecule has 0 bridgehead atoms. The number of rotatable bonds is 7. The molecule has 0 radical (unpaired) electrons. The van der Waals surface area contributed by atoms with E-state index in [2.05, 4.69) is 32.8 Å². The maximum atomic E-state index is 13.9. The first-order valence-electron chi connectivity index (χ1n) is 11.9. The van der Waals surface area contributed by atoms with Gasteiger partial charge in [-0.25, -0.2) is 9.18 Å². The maximum absolute atomic E-state index is 13.9. The summed E-state index contributed by atoms with van der Waals surface area (Å²) in [5.74, 6) is -0.398. The van der Waals surface area contributed by atoms with Crippen LogP contribution in [0, 0.1) is 5.82 Å². The monoisotopic (exact) mass is 525 g/mol. The summed E-state index contributed by atoms with van der Waals surface area (Å²) in [7, 11) is 3.54. The predicted octanol–water partition coefficient (Wildman–Crippen LogP) is 5.02. The van der Waals surface area contributed by atoms with Crippen molar-refractivity contribution in [3.05, 3.63) is 82.6 Å². The summed E-state index contributed by atoms with van der Waals surface area (Å²) in [5, 5.41) is 8.69. The Labute approximate surface area is 220 Å². The Kier molecular flexibility index (Phi) is 8.60. The number of hydrogen-bond acceptors (Lipinski definition) is 5. The van der Waals surface area contributed by atoms with E-state index >= 15 is 0 Å². The first-order chi connectivity index (χ1) is 17.8. The number of hydrogen-bond donors (Lipinski definition) is 3. The number of anilines is 2. The topological polar surface area (TPSA) is 85.9 Å². The average Bonchev–Trinajstić information content (AvgIpc) is 2.89. The zero-order valence-corrected chi connectivity index (χ0v) is 21.4. The van der Waals surface area contributed by atoms with E-state index in [1.54, 1.807) is 36.4 Å². The lowest BCUT2D eigenvalue weighted by Crippen LogP contribution is -2.43. The molecule has 0 unspecified atom stereocenters. The maximum Gasteiger partial charge on any atom is 0.323 e. The fourth-order valence-corrected chi connectivity index (χ4v) is 4.11. The van der Waals surface area contributed by atoms with Crippen molar-refractivity contribution in [2.45, 2.75) is 6.54 Å². The SMILES string of the molecule is CNC(=O)c1cc(Oc2ccc(NC(=O)Nc3ccc(Cl)c(CN4CCN(C)CC4)c3)cc2)ccc1F. The van der Waals surface area contributed by atoms with Crippen molar-refractivity contribution in [1.29, 1.82) is 0 Å². The van der Waals surface area contributed by atoms with Gasteiger partial charge in [0.15, 0.2) is 0 Å². The first-order valence-corrected chi connectivity index (χ1v) is 12.3. The van der Waals surface area contributed by atoms with Gasteiger partial charge < -0.3 is 25.6 Å². The number of carbonyl (C=O) groups excluding carboxylic acids is 2. The minimum Gasteiger partial charge on any atom is -0.457 e. The normalized spacial score (nSPS) is 14.2. The summed E-state index contributed by atoms with van der Waals surface area (Å²) in [6, 6.07) is 15.7. The largest absolute Gasteiger partial charge is 0.457 e. The molecule has 3 aromatic carbocycles. The van der Waals surface area contributed by atoms with Gasteiger partial charge in [-0.05, 0) is 73.3 Å². The highest BCUT2D eigenvalue weighted by Gasteiger charge is 2.16. The number of benzene rings is 3. The number of ether oxygens (including phenoxy) is 1. The van der Waals surface area contributed by atoms with E-state index in [0.29, 0.717) is 27.9 Å². The molecule has 1 fully saturated rings. The number of likely N-dealkylation sites (N-methyl/N-ethyl adjacent to an activating group) is 1. The van der Waals surface area contributed by atoms with Crippen LogP contribution < -0.4 is 20.7 Å². The van der Waals surface area contributed by atoms with Crippen LogP contribution in [0.15, 0.2) is 60.7 Å². The molecule has 10 heteroatoms. The molecule has 3 aromatic rings. The second-order valence-electron chi connectivity index (χ2n) is 8.81. The summed E-state index contributed by atoms with van der Waals surface area (Å²) < 4.78 is 19.6. The standard InChI is InChI=1S/C27H29ClFN5O3/c1-30-26(35)23-16-22(8-10-25(23)29)37-21-6-3-19(4-7-21)31-27(36)32-20-5-9-24(28)18(15-20)17-34-13-11-33(2)12-14-34/h3-10,15-16H,11-14,17H2,1-2H3,(H,30,35)(H2,31,32,36). The lowest BCUT2D eigenvalue weighted by Gasteiger charge is -2.32. The molecule has 3 N–H and O–H groups in total. The van der Waals surface area contributed by atoms with Crippen LogP contribution in [0.2, 0.25) is 5.02 Å². The van der Waals surface area contributed by atoms with Crippen LogP contribution in [0.5, 0.6) is 11.5 Å². The highest BCUT2D eigenvalue weighted by atomic mass is 35.5. The smallest absolute Gasteiger partial charge is 0.323 e. The molecule has 0 atom stereocenters. The molecule has 0 spiro atoms. The first kappa shape index (κ1) is 26.4. The van der Waals surface area contributed by atoms with Gasteiger partial charge in [-0.15, -0.1) is 0 Å². The Hall–Kier alpha value is -3.66. The van der Waals surface area contributed by atoms with Crippen molar-refractivity contribution in [2.24, 2.45) is 0 Å².